The number of carbonyl (C=O) groups excluding carboxylic acids is 5. The minimum absolute atomic E-state index is 0. The number of hydrogen-bond acceptors (Lipinski definition) is 35. The largest absolute Gasteiger partial charge is 1.00 e. The van der Waals surface area contributed by atoms with Crippen molar-refractivity contribution < 1.29 is 201 Å². The van der Waals surface area contributed by atoms with Crippen molar-refractivity contribution in [3.8, 4) is 65.4 Å². The first kappa shape index (κ1) is 151. The third kappa shape index (κ3) is 73.1. The number of halogens is 12. The van der Waals surface area contributed by atoms with E-state index in [1.54, 1.807) is 153 Å². The molecule has 0 unspecified atom stereocenters. The van der Waals surface area contributed by atoms with E-state index in [0.29, 0.717) is 77.3 Å². The van der Waals surface area contributed by atoms with E-state index in [0.717, 1.165) is 62.7 Å². The van der Waals surface area contributed by atoms with Gasteiger partial charge in [0.25, 0.3) is 11.1 Å². The Kier molecular flexibility index (Phi) is 88.3. The van der Waals surface area contributed by atoms with Gasteiger partial charge in [0.1, 0.15) is 74.7 Å². The van der Waals surface area contributed by atoms with Crippen LogP contribution < -0.4 is 166 Å². The van der Waals surface area contributed by atoms with Crippen LogP contribution in [0.1, 0.15) is 180 Å². The summed E-state index contributed by atoms with van der Waals surface area (Å²) >= 11 is 54.4. The van der Waals surface area contributed by atoms with Crippen LogP contribution in [0.25, 0.3) is 0 Å². The van der Waals surface area contributed by atoms with Gasteiger partial charge in [0.15, 0.2) is 22.0 Å². The van der Waals surface area contributed by atoms with Crippen LogP contribution in [0.3, 0.4) is 0 Å². The molecule has 9 heterocycles. The number of carboxylic acids is 1. The van der Waals surface area contributed by atoms with E-state index in [-0.39, 0.29) is 205 Å². The number of ether oxygens (including phenoxy) is 10. The Hall–Kier alpha value is -7.73. The van der Waals surface area contributed by atoms with Crippen LogP contribution in [-0.2, 0) is 57.5 Å². The Morgan fingerprint density at radius 2 is 0.872 bits per heavy atom. The number of aromatic amines is 3. The molecule has 10 N–H and O–H groups in total. The number of nitriles is 5. The molecule has 141 heavy (non-hydrogen) atoms. The van der Waals surface area contributed by atoms with E-state index >= 15 is 0 Å². The van der Waals surface area contributed by atoms with Crippen molar-refractivity contribution in [1.82, 2.24) is 45.2 Å². The molecule has 0 aromatic carbocycles. The molecule has 8 aromatic heterocycles. The third-order valence-electron chi connectivity index (χ3n) is 13.6. The predicted molar refractivity (Wildman–Crippen MR) is 531 cm³/mol. The van der Waals surface area contributed by atoms with Crippen LogP contribution in [-0.4, -0.2) is 169 Å². The maximum absolute atomic E-state index is 11.6. The zero-order valence-electron chi connectivity index (χ0n) is 83.5. The summed E-state index contributed by atoms with van der Waals surface area (Å²) in [4.78, 5) is 114. The average Bonchev–Trinajstić information content (AvgIpc) is 1.67. The summed E-state index contributed by atoms with van der Waals surface area (Å²) in [5.41, 5.74) is 15.5. The number of amides is 1. The van der Waals surface area contributed by atoms with Crippen LogP contribution >= 0.6 is 133 Å². The number of carbonyl (C=O) groups is 5. The van der Waals surface area contributed by atoms with Crippen molar-refractivity contribution in [2.45, 2.75) is 181 Å². The molecule has 0 aliphatic carbocycles. The molecule has 1 saturated heterocycles. The number of rotatable bonds is 9. The van der Waals surface area contributed by atoms with Crippen molar-refractivity contribution in [2.24, 2.45) is 11.5 Å². The number of esters is 1. The first-order chi connectivity index (χ1) is 63.9. The monoisotopic (exact) mass is 2340 g/mol. The molecule has 39 nitrogen and oxygen atoms in total. The molecular weight excluding hydrogens is 2230 g/mol. The minimum Gasteiger partial charge on any atom is -0.857 e. The molecule has 1 amide bonds. The average molecular weight is 2340 g/mol. The van der Waals surface area contributed by atoms with Gasteiger partial charge in [-0.15, -0.1) is 12.4 Å². The number of nitrogens with one attached hydrogen (secondary N) is 4. The van der Waals surface area contributed by atoms with Crippen LogP contribution in [0.2, 0.25) is 35.4 Å². The Balaban J connectivity index is -0.000000168. The first-order valence-corrected chi connectivity index (χ1v) is 45.5. The molecular formula is C86H111BCl11CsFN16NaO23P. The number of H-pyrrole nitrogens is 3. The molecule has 1 aliphatic heterocycles. The number of aliphatic hydroxyl groups excluding tert-OH is 1. The van der Waals surface area contributed by atoms with E-state index < -0.39 is 65.1 Å². The zero-order chi connectivity index (χ0) is 109. The summed E-state index contributed by atoms with van der Waals surface area (Å²) in [6, 6.07) is 21.6. The minimum atomic E-state index is -3.22. The molecule has 0 spiro atoms. The van der Waals surface area contributed by atoms with Gasteiger partial charge in [-0.05, 0) is 202 Å². The Bertz CT molecular complexity index is 5630. The van der Waals surface area contributed by atoms with Gasteiger partial charge < -0.3 is 104 Å². The topological polar surface area (TPSA) is 627 Å². The number of methoxy groups -OCH3 is 4. The van der Waals surface area contributed by atoms with Crippen molar-refractivity contribution in [3.63, 3.8) is 0 Å². The summed E-state index contributed by atoms with van der Waals surface area (Å²) in [5, 5.41) is 77.9. The van der Waals surface area contributed by atoms with Crippen LogP contribution in [0.15, 0.2) is 62.9 Å². The number of pyridine rings is 8. The molecule has 9 rings (SSSR count). The fourth-order valence-electron chi connectivity index (χ4n) is 8.60. The van der Waals surface area contributed by atoms with Gasteiger partial charge in [0.05, 0.1) is 74.2 Å². The Labute approximate surface area is 958 Å². The molecule has 1 aliphatic rings. The van der Waals surface area contributed by atoms with Crippen LogP contribution in [0.4, 0.5) is 18.8 Å². The number of aliphatic hydroxyl groups is 1. The SMILES string of the molecule is C1CCOC1.CC(=O)Oc1cc(C)nc(Cl)c1C#N.CC(=O)[O-].CC(C)(C)OC(=O)OC(=O)OC(C)(C)C.CO.COc1[nH]c(C)cc(=O)c1C#N.COc1nc(C)cc(Cl)c1C#N.COc1nc(C)cc(Cl)c1CN.COc1nc(C)cc(Cl)c1CNC(=O)OC(C)(C)C.C[O-].Cc1cc(Cl)c(C#N)c(Cl)n1.Cc1cc(Cl)c(CN)c(=O)[nH]1.Cc1cc(O)c(C#N)c(=O)[nH]1.Cl.O=P(Cl)(Cl)Cl.[2H]CF.[B].[Cs+].[Na+]. The summed E-state index contributed by atoms with van der Waals surface area (Å²) < 4.78 is 73.6. The summed E-state index contributed by atoms with van der Waals surface area (Å²) in [5.74, 6) is -0.275. The zero-order valence-corrected chi connectivity index (χ0v) is 100. The summed E-state index contributed by atoms with van der Waals surface area (Å²) in [7, 11) is 6.68. The van der Waals surface area contributed by atoms with E-state index in [4.69, 9.17) is 188 Å². The standard InChI is InChI=1S/C13H19ClN2O3.C10H18O5.C9H7ClN2O2.C8H11ClN2O.C8H7ClN2O.C8H8N2O2.C7H4Cl2N2.C7H9ClN2O.C7H6N2O2.C4H8O.C2H4O2.CH3F.CH4O.CH3O.B.Cl3OP.ClH.Cs.Na/c1-8-6-10(14)9(11(16-8)18-5)7-15-12(17)19-13(2,3)4;1-9(2,3)14-7(11)13-8(12)15-10(4,5)6;1-5-3-8(14-6(2)13)7(4-11)9(10)12-5;2*1-5-3-7(9)6(4-10)8(11-5)12-2;1-5-3-7(11)6(4-9)8(10-5)12-2;1-4-2-6(8)5(3-10)7(9)11-4;1-4-2-6(8)5(3-9)7(11)10-4;1-4-2-6(10)5(3-8)7(11)9-4;1-2-4-5-3-1;1-2(3)4;3*1-2;;1-5(2,3)4;;;/h6H,7H2,1-5H3,(H,15,17);1-6H3;3H,1-2H3;3H,4,10H2,1-2H3;3H,1-2H3;3H,1-2H3,(H,10,11);2H,1H3;2H,3,9H2,1H3,(H,10,11);2H,1H3,(H2,9,10,11);1-4H2;1H3,(H,3,4);1H3;2H,1H3;1H3;;;1H;;/q;;;;;;;;;;;;;-1;;;;2*+1/p-1/i;;;;;;;;;;;1D;;;;;;;. The molecule has 1 fully saturated rings. The maximum atomic E-state index is 11.6. The molecule has 55 heteroatoms. The number of carboxylic acid groups (broad SMARTS) is 1. The Morgan fingerprint density at radius 3 is 1.21 bits per heavy atom. The fourth-order valence-corrected chi connectivity index (χ4v) is 10.7. The van der Waals surface area contributed by atoms with E-state index in [1.807, 2.05) is 32.1 Å². The van der Waals surface area contributed by atoms with Gasteiger partial charge in [-0.2, -0.15) is 33.4 Å². The number of nitrogens with zero attached hydrogens (tertiary/aromatic N) is 10. The van der Waals surface area contributed by atoms with Gasteiger partial charge in [-0.1, -0.05) is 81.2 Å². The van der Waals surface area contributed by atoms with Gasteiger partial charge in [0.2, 0.25) is 28.9 Å². The van der Waals surface area contributed by atoms with Crippen molar-refractivity contribution in [3.05, 3.63) is 205 Å². The molecule has 0 bridgehead atoms. The van der Waals surface area contributed by atoms with Crippen molar-refractivity contribution in [1.29, 1.82) is 26.3 Å². The number of nitrogens with two attached hydrogens (primary N) is 2. The number of aliphatic carboxylic acids is 1. The maximum Gasteiger partial charge on any atom is 1.00 e. The molecule has 0 atom stereocenters. The normalized spacial score (nSPS) is 9.96. The van der Waals surface area contributed by atoms with Gasteiger partial charge in [-0.3, -0.25) is 28.1 Å². The van der Waals surface area contributed by atoms with Crippen molar-refractivity contribution >= 4 is 171 Å². The van der Waals surface area contributed by atoms with E-state index in [2.05, 4.69) is 83.6 Å². The number of alkyl halides is 1. The van der Waals surface area contributed by atoms with Crippen LogP contribution in [0, 0.1) is 112 Å². The van der Waals surface area contributed by atoms with Gasteiger partial charge in [0, 0.05) is 130 Å². The predicted octanol–water partition coefficient (Wildman–Crippen LogP) is 11.0. The number of aromatic hydroxyl groups is 1. The van der Waals surface area contributed by atoms with Crippen molar-refractivity contribution in [2.75, 3.05) is 63.0 Å². The first-order valence-electron chi connectivity index (χ1n) is 39.2. The smallest absolute Gasteiger partial charge is 0.857 e. The second-order valence-corrected chi connectivity index (χ2v) is 37.9. The second-order valence-electron chi connectivity index (χ2n) is 28.5. The molecule has 8 aromatic rings. The Morgan fingerprint density at radius 1 is 0.539 bits per heavy atom. The molecule has 3 radical (unpaired) electrons. The van der Waals surface area contributed by atoms with Gasteiger partial charge >= 0.3 is 128 Å². The second kappa shape index (κ2) is 82.4. The van der Waals surface area contributed by atoms with E-state index in [1.165, 1.54) is 59.3 Å². The quantitative estimate of drug-likeness (QED) is 0.0166. The summed E-state index contributed by atoms with van der Waals surface area (Å²) in [6.07, 6.45) is -0.0697. The number of hydrogen-bond donors (Lipinski definition) is 8. The number of alkyl carbamates (subject to hydrolysis) is 1. The number of aryl methyl sites for hydroxylation is 8. The van der Waals surface area contributed by atoms with E-state index in [9.17, 15) is 42.5 Å². The van der Waals surface area contributed by atoms with Gasteiger partial charge in [-0.25, -0.2) is 39.3 Å². The third-order valence-corrected chi connectivity index (χ3v) is 15.7. The molecule has 0 saturated carbocycles. The number of aromatic nitrogens is 8. The van der Waals surface area contributed by atoms with Crippen LogP contribution in [0.5, 0.6) is 35.0 Å². The fraction of sp³-hybridized carbons (Fsp3) is 0.419. The summed E-state index contributed by atoms with van der Waals surface area (Å²) in [6.45, 7) is 34.4. The molecule has 767 valence electrons.